The Morgan fingerprint density at radius 1 is 1.15 bits per heavy atom. The lowest BCUT2D eigenvalue weighted by molar-refractivity contribution is -0.139. The SMILES string of the molecule is O=C(COc1ccc(C(F)(F)F)cc1C1CCNCC1)NCC(F)(F)F. The zero-order valence-corrected chi connectivity index (χ0v) is 13.6. The number of carbonyl (C=O) groups is 1. The van der Waals surface area contributed by atoms with E-state index in [0.717, 1.165) is 18.2 Å². The highest BCUT2D eigenvalue weighted by Gasteiger charge is 2.32. The maximum absolute atomic E-state index is 13.0. The van der Waals surface area contributed by atoms with Gasteiger partial charge in [-0.25, -0.2) is 0 Å². The third kappa shape index (κ3) is 6.08. The van der Waals surface area contributed by atoms with Crippen molar-refractivity contribution < 1.29 is 35.9 Å². The van der Waals surface area contributed by atoms with E-state index in [-0.39, 0.29) is 11.7 Å². The number of alkyl halides is 6. The van der Waals surface area contributed by atoms with Gasteiger partial charge >= 0.3 is 12.4 Å². The number of carbonyl (C=O) groups excluding carboxylic acids is 1. The summed E-state index contributed by atoms with van der Waals surface area (Å²) in [6.07, 6.45) is -7.88. The molecule has 1 aromatic rings. The van der Waals surface area contributed by atoms with Gasteiger partial charge in [0.2, 0.25) is 0 Å². The van der Waals surface area contributed by atoms with E-state index >= 15 is 0 Å². The first kappa shape index (κ1) is 20.3. The first-order valence-corrected chi connectivity index (χ1v) is 7.94. The summed E-state index contributed by atoms with van der Waals surface area (Å²) < 4.78 is 80.3. The van der Waals surface area contributed by atoms with E-state index in [0.29, 0.717) is 31.5 Å². The first-order valence-electron chi connectivity index (χ1n) is 7.94. The number of hydrogen-bond acceptors (Lipinski definition) is 3. The van der Waals surface area contributed by atoms with E-state index in [1.54, 1.807) is 5.32 Å². The average molecular weight is 384 g/mol. The van der Waals surface area contributed by atoms with Gasteiger partial charge in [0.25, 0.3) is 5.91 Å². The van der Waals surface area contributed by atoms with Gasteiger partial charge in [-0.2, -0.15) is 26.3 Å². The maximum atomic E-state index is 13.0. The highest BCUT2D eigenvalue weighted by molar-refractivity contribution is 5.77. The monoisotopic (exact) mass is 384 g/mol. The highest BCUT2D eigenvalue weighted by atomic mass is 19.4. The standard InChI is InChI=1S/C16H18F6N2O2/c17-15(18,19)9-24-14(25)8-26-13-2-1-11(16(20,21)22)7-12(13)10-3-5-23-6-4-10/h1-2,7,10,23H,3-6,8-9H2,(H,24,25). The summed E-state index contributed by atoms with van der Waals surface area (Å²) in [4.78, 5) is 11.5. The number of halogens is 6. The molecule has 2 N–H and O–H groups in total. The molecule has 1 aliphatic heterocycles. The van der Waals surface area contributed by atoms with Gasteiger partial charge < -0.3 is 15.4 Å². The van der Waals surface area contributed by atoms with Gasteiger partial charge in [0, 0.05) is 0 Å². The second-order valence-electron chi connectivity index (χ2n) is 5.96. The van der Waals surface area contributed by atoms with Crippen LogP contribution in [0.4, 0.5) is 26.3 Å². The quantitative estimate of drug-likeness (QED) is 0.767. The topological polar surface area (TPSA) is 50.4 Å². The van der Waals surface area contributed by atoms with Gasteiger partial charge in [-0.15, -0.1) is 0 Å². The van der Waals surface area contributed by atoms with Crippen LogP contribution in [0.1, 0.15) is 29.9 Å². The number of hydrogen-bond donors (Lipinski definition) is 2. The summed E-state index contributed by atoms with van der Waals surface area (Å²) in [6, 6.07) is 2.92. The van der Waals surface area contributed by atoms with E-state index in [2.05, 4.69) is 5.32 Å². The number of benzene rings is 1. The Balaban J connectivity index is 2.12. The van der Waals surface area contributed by atoms with Crippen LogP contribution < -0.4 is 15.4 Å². The minimum atomic E-state index is -4.55. The molecule has 0 spiro atoms. The molecule has 1 saturated heterocycles. The van der Waals surface area contributed by atoms with Crippen LogP contribution in [-0.2, 0) is 11.0 Å². The van der Waals surface area contributed by atoms with Crippen molar-refractivity contribution in [1.29, 1.82) is 0 Å². The molecule has 1 aromatic carbocycles. The van der Waals surface area contributed by atoms with Crippen molar-refractivity contribution >= 4 is 5.91 Å². The van der Waals surface area contributed by atoms with Crippen LogP contribution in [0.3, 0.4) is 0 Å². The molecule has 26 heavy (non-hydrogen) atoms. The fraction of sp³-hybridized carbons (Fsp3) is 0.562. The summed E-state index contributed by atoms with van der Waals surface area (Å²) in [7, 11) is 0. The number of ether oxygens (including phenoxy) is 1. The molecule has 4 nitrogen and oxygen atoms in total. The Kier molecular flexibility index (Phi) is 6.38. The van der Waals surface area contributed by atoms with Crippen molar-refractivity contribution in [3.8, 4) is 5.75 Å². The zero-order chi connectivity index (χ0) is 19.4. The van der Waals surface area contributed by atoms with Crippen molar-refractivity contribution in [3.63, 3.8) is 0 Å². The Morgan fingerprint density at radius 2 is 1.81 bits per heavy atom. The fourth-order valence-electron chi connectivity index (χ4n) is 2.70. The molecule has 0 bridgehead atoms. The van der Waals surface area contributed by atoms with E-state index in [1.165, 1.54) is 0 Å². The molecule has 2 rings (SSSR count). The molecule has 146 valence electrons. The largest absolute Gasteiger partial charge is 0.483 e. The molecule has 10 heteroatoms. The maximum Gasteiger partial charge on any atom is 0.416 e. The summed E-state index contributed by atoms with van der Waals surface area (Å²) in [5.41, 5.74) is -0.523. The molecule has 0 radical (unpaired) electrons. The molecular formula is C16H18F6N2O2. The number of nitrogens with one attached hydrogen (secondary N) is 2. The zero-order valence-electron chi connectivity index (χ0n) is 13.6. The second kappa shape index (κ2) is 8.15. The molecule has 0 aromatic heterocycles. The predicted octanol–water partition coefficient (Wildman–Crippen LogP) is 3.23. The molecule has 0 unspecified atom stereocenters. The van der Waals surface area contributed by atoms with E-state index in [4.69, 9.17) is 4.74 Å². The van der Waals surface area contributed by atoms with Crippen molar-refractivity contribution in [1.82, 2.24) is 10.6 Å². The third-order valence-electron chi connectivity index (χ3n) is 3.96. The second-order valence-corrected chi connectivity index (χ2v) is 5.96. The van der Waals surface area contributed by atoms with Crippen molar-refractivity contribution in [3.05, 3.63) is 29.3 Å². The summed E-state index contributed by atoms with van der Waals surface area (Å²) in [6.45, 7) is -0.943. The molecule has 1 aliphatic rings. The highest BCUT2D eigenvalue weighted by Crippen LogP contribution is 2.38. The van der Waals surface area contributed by atoms with E-state index in [1.807, 2.05) is 0 Å². The third-order valence-corrected chi connectivity index (χ3v) is 3.96. The Labute approximate surface area is 145 Å². The Hall–Kier alpha value is -1.97. The molecule has 0 atom stereocenters. The van der Waals surface area contributed by atoms with Crippen molar-refractivity contribution in [2.24, 2.45) is 0 Å². The van der Waals surface area contributed by atoms with Gasteiger partial charge in [0.1, 0.15) is 12.3 Å². The van der Waals surface area contributed by atoms with Crippen LogP contribution >= 0.6 is 0 Å². The van der Waals surface area contributed by atoms with Gasteiger partial charge in [-0.05, 0) is 55.6 Å². The van der Waals surface area contributed by atoms with Crippen LogP contribution in [0.5, 0.6) is 5.75 Å². The van der Waals surface area contributed by atoms with Crippen molar-refractivity contribution in [2.75, 3.05) is 26.2 Å². The van der Waals surface area contributed by atoms with Crippen LogP contribution in [0, 0.1) is 0 Å². The molecule has 0 saturated carbocycles. The van der Waals surface area contributed by atoms with Crippen LogP contribution in [0.25, 0.3) is 0 Å². The molecule has 0 aliphatic carbocycles. The van der Waals surface area contributed by atoms with Gasteiger partial charge in [-0.1, -0.05) is 0 Å². The smallest absolute Gasteiger partial charge is 0.416 e. The Morgan fingerprint density at radius 3 is 2.38 bits per heavy atom. The molecule has 1 amide bonds. The Bertz CT molecular complexity index is 624. The van der Waals surface area contributed by atoms with Gasteiger partial charge in [0.15, 0.2) is 6.61 Å². The minimum absolute atomic E-state index is 0.0760. The average Bonchev–Trinajstić information content (AvgIpc) is 2.57. The van der Waals surface area contributed by atoms with E-state index < -0.39 is 37.0 Å². The number of piperidine rings is 1. The molecular weight excluding hydrogens is 366 g/mol. The molecule has 1 heterocycles. The van der Waals surface area contributed by atoms with E-state index in [9.17, 15) is 31.1 Å². The predicted molar refractivity (Wildman–Crippen MR) is 80.8 cm³/mol. The normalized spacial score (nSPS) is 16.4. The molecule has 1 fully saturated rings. The lowest BCUT2D eigenvalue weighted by Gasteiger charge is -2.25. The van der Waals surface area contributed by atoms with Gasteiger partial charge in [0.05, 0.1) is 5.56 Å². The van der Waals surface area contributed by atoms with Crippen LogP contribution in [-0.4, -0.2) is 38.3 Å². The lowest BCUT2D eigenvalue weighted by atomic mass is 9.88. The lowest BCUT2D eigenvalue weighted by Crippen LogP contribution is -2.36. The number of amides is 1. The summed E-state index contributed by atoms with van der Waals surface area (Å²) in [5.74, 6) is -1.11. The minimum Gasteiger partial charge on any atom is -0.483 e. The fourth-order valence-corrected chi connectivity index (χ4v) is 2.70. The number of rotatable bonds is 5. The first-order chi connectivity index (χ1) is 12.1. The summed E-state index contributed by atoms with van der Waals surface area (Å²) >= 11 is 0. The van der Waals surface area contributed by atoms with Gasteiger partial charge in [-0.3, -0.25) is 4.79 Å². The summed E-state index contributed by atoms with van der Waals surface area (Å²) in [5, 5.41) is 4.74. The van der Waals surface area contributed by atoms with Crippen LogP contribution in [0.2, 0.25) is 0 Å². The van der Waals surface area contributed by atoms with Crippen LogP contribution in [0.15, 0.2) is 18.2 Å². The van der Waals surface area contributed by atoms with Crippen molar-refractivity contribution in [2.45, 2.75) is 31.1 Å².